The van der Waals surface area contributed by atoms with Crippen LogP contribution in [0.1, 0.15) is 44.3 Å². The van der Waals surface area contributed by atoms with Crippen LogP contribution in [0.5, 0.6) is 11.5 Å². The standard InChI is InChI=1S/C34H39N2O3Si/c1-24-31(22-35-25(2)36-24)38-23-34(28-19-13-14-20-30(28)37-6)21-29(34)32(33(3,4)5)39-40(26-15-9-7-10-16-26)27-17-11-8-12-18-27/h7-20,22,29,32H,21,23H2,1-6H3/t29-,32?,34+/m0/s1. The minimum Gasteiger partial charge on any atom is -0.496 e. The molecule has 1 saturated carbocycles. The van der Waals surface area contributed by atoms with Crippen LogP contribution in [-0.4, -0.2) is 38.8 Å². The molecule has 0 aliphatic heterocycles. The van der Waals surface area contributed by atoms with Crippen LogP contribution < -0.4 is 19.8 Å². The zero-order valence-corrected chi connectivity index (χ0v) is 25.3. The summed E-state index contributed by atoms with van der Waals surface area (Å²) in [5, 5.41) is 2.50. The van der Waals surface area contributed by atoms with Crippen LogP contribution in [0.4, 0.5) is 0 Å². The number of benzene rings is 3. The van der Waals surface area contributed by atoms with E-state index in [1.807, 2.05) is 26.0 Å². The van der Waals surface area contributed by atoms with E-state index in [1.54, 1.807) is 13.3 Å². The monoisotopic (exact) mass is 551 g/mol. The topological polar surface area (TPSA) is 53.5 Å². The average molecular weight is 552 g/mol. The highest BCUT2D eigenvalue weighted by atomic mass is 28.3. The van der Waals surface area contributed by atoms with Gasteiger partial charge in [0.1, 0.15) is 11.6 Å². The minimum atomic E-state index is -1.50. The first-order valence-corrected chi connectivity index (χ1v) is 15.3. The van der Waals surface area contributed by atoms with Crippen molar-refractivity contribution in [3.05, 3.63) is 108 Å². The summed E-state index contributed by atoms with van der Waals surface area (Å²) in [7, 11) is 0.241. The van der Waals surface area contributed by atoms with Gasteiger partial charge in [-0.3, -0.25) is 0 Å². The third-order valence-electron chi connectivity index (χ3n) is 7.85. The molecule has 0 saturated heterocycles. The molecule has 4 aromatic rings. The number of aromatic nitrogens is 2. The summed E-state index contributed by atoms with van der Waals surface area (Å²) in [6.07, 6.45) is 2.72. The molecule has 1 aromatic heterocycles. The number of rotatable bonds is 10. The third kappa shape index (κ3) is 5.84. The Hall–Kier alpha value is -3.48. The van der Waals surface area contributed by atoms with Crippen molar-refractivity contribution in [2.24, 2.45) is 11.3 Å². The van der Waals surface area contributed by atoms with Crippen molar-refractivity contribution in [1.82, 2.24) is 9.97 Å². The fourth-order valence-corrected chi connectivity index (χ4v) is 8.10. The number of hydrogen-bond donors (Lipinski definition) is 0. The molecule has 1 radical (unpaired) electrons. The number of para-hydroxylation sites is 1. The lowest BCUT2D eigenvalue weighted by atomic mass is 9.81. The van der Waals surface area contributed by atoms with E-state index in [9.17, 15) is 0 Å². The van der Waals surface area contributed by atoms with Crippen LogP contribution >= 0.6 is 0 Å². The van der Waals surface area contributed by atoms with Gasteiger partial charge in [0.25, 0.3) is 9.04 Å². The van der Waals surface area contributed by atoms with E-state index in [0.717, 1.165) is 29.4 Å². The molecule has 1 aliphatic rings. The Morgan fingerprint density at radius 1 is 0.875 bits per heavy atom. The lowest BCUT2D eigenvalue weighted by Crippen LogP contribution is -2.51. The molecular formula is C34H39N2O3Si. The van der Waals surface area contributed by atoms with Gasteiger partial charge in [-0.05, 0) is 48.0 Å². The predicted molar refractivity (Wildman–Crippen MR) is 162 cm³/mol. The van der Waals surface area contributed by atoms with Gasteiger partial charge in [-0.15, -0.1) is 0 Å². The molecule has 40 heavy (non-hydrogen) atoms. The molecular weight excluding hydrogens is 512 g/mol. The first-order chi connectivity index (χ1) is 19.2. The molecule has 0 bridgehead atoms. The summed E-state index contributed by atoms with van der Waals surface area (Å²) >= 11 is 0. The smallest absolute Gasteiger partial charge is 0.283 e. The van der Waals surface area contributed by atoms with Crippen molar-refractivity contribution >= 4 is 19.4 Å². The minimum absolute atomic E-state index is 0.00863. The normalized spacial score (nSPS) is 19.3. The van der Waals surface area contributed by atoms with Crippen LogP contribution in [0.15, 0.2) is 91.1 Å². The number of hydrogen-bond acceptors (Lipinski definition) is 5. The predicted octanol–water partition coefficient (Wildman–Crippen LogP) is 5.68. The second kappa shape index (κ2) is 11.6. The Labute approximate surface area is 240 Å². The Morgan fingerprint density at radius 2 is 1.48 bits per heavy atom. The average Bonchev–Trinajstić information content (AvgIpc) is 3.67. The van der Waals surface area contributed by atoms with Gasteiger partial charge in [0, 0.05) is 11.0 Å². The van der Waals surface area contributed by atoms with Gasteiger partial charge in [0.05, 0.1) is 31.7 Å². The molecule has 1 fully saturated rings. The van der Waals surface area contributed by atoms with Gasteiger partial charge in [-0.25, -0.2) is 9.97 Å². The molecule has 0 spiro atoms. The van der Waals surface area contributed by atoms with Gasteiger partial charge in [-0.1, -0.05) is 99.6 Å². The first kappa shape index (κ1) is 28.1. The van der Waals surface area contributed by atoms with E-state index >= 15 is 0 Å². The zero-order chi connectivity index (χ0) is 28.3. The largest absolute Gasteiger partial charge is 0.496 e. The summed E-state index contributed by atoms with van der Waals surface area (Å²) in [5.41, 5.74) is 1.65. The number of nitrogens with zero attached hydrogens (tertiary/aromatic N) is 2. The summed E-state index contributed by atoms with van der Waals surface area (Å²) in [5.74, 6) is 2.58. The van der Waals surface area contributed by atoms with E-state index in [2.05, 4.69) is 104 Å². The molecule has 3 aromatic carbocycles. The molecule has 5 rings (SSSR count). The highest BCUT2D eigenvalue weighted by Crippen LogP contribution is 2.61. The van der Waals surface area contributed by atoms with E-state index in [1.165, 1.54) is 15.9 Å². The third-order valence-corrected chi connectivity index (χ3v) is 10.1. The molecule has 1 unspecified atom stereocenters. The summed E-state index contributed by atoms with van der Waals surface area (Å²) < 4.78 is 19.7. The molecule has 0 N–H and O–H groups in total. The highest BCUT2D eigenvalue weighted by Gasteiger charge is 2.63. The van der Waals surface area contributed by atoms with Crippen molar-refractivity contribution in [2.45, 2.75) is 52.6 Å². The van der Waals surface area contributed by atoms with Gasteiger partial charge < -0.3 is 13.9 Å². The van der Waals surface area contributed by atoms with Crippen molar-refractivity contribution in [3.8, 4) is 11.5 Å². The van der Waals surface area contributed by atoms with Crippen LogP contribution in [0.2, 0.25) is 0 Å². The maximum Gasteiger partial charge on any atom is 0.283 e. The van der Waals surface area contributed by atoms with Gasteiger partial charge in [0.15, 0.2) is 5.75 Å². The molecule has 3 atom stereocenters. The van der Waals surface area contributed by atoms with Crippen LogP contribution in [0.3, 0.4) is 0 Å². The van der Waals surface area contributed by atoms with Crippen molar-refractivity contribution in [2.75, 3.05) is 13.7 Å². The van der Waals surface area contributed by atoms with Gasteiger partial charge >= 0.3 is 0 Å². The van der Waals surface area contributed by atoms with Crippen LogP contribution in [0.25, 0.3) is 0 Å². The van der Waals surface area contributed by atoms with Crippen LogP contribution in [0, 0.1) is 25.2 Å². The molecule has 1 heterocycles. The second-order valence-corrected chi connectivity index (χ2v) is 13.8. The maximum atomic E-state index is 7.33. The Balaban J connectivity index is 1.53. The number of aryl methyl sites for hydroxylation is 2. The molecule has 0 amide bonds. The summed E-state index contributed by atoms with van der Waals surface area (Å²) in [4.78, 5) is 8.91. The van der Waals surface area contributed by atoms with Gasteiger partial charge in [-0.2, -0.15) is 0 Å². The quantitative estimate of drug-likeness (QED) is 0.238. The zero-order valence-electron chi connectivity index (χ0n) is 24.3. The number of ether oxygens (including phenoxy) is 2. The lowest BCUT2D eigenvalue weighted by Gasteiger charge is -2.36. The van der Waals surface area contributed by atoms with Crippen molar-refractivity contribution < 1.29 is 13.9 Å². The number of methoxy groups -OCH3 is 1. The van der Waals surface area contributed by atoms with Crippen LogP contribution in [-0.2, 0) is 9.84 Å². The molecule has 1 aliphatic carbocycles. The molecule has 6 heteroatoms. The van der Waals surface area contributed by atoms with E-state index < -0.39 is 9.04 Å². The first-order valence-electron chi connectivity index (χ1n) is 13.9. The lowest BCUT2D eigenvalue weighted by molar-refractivity contribution is 0.0573. The Morgan fingerprint density at radius 3 is 2.05 bits per heavy atom. The summed E-state index contributed by atoms with van der Waals surface area (Å²) in [6, 6.07) is 29.7. The van der Waals surface area contributed by atoms with E-state index in [-0.39, 0.29) is 22.9 Å². The second-order valence-electron chi connectivity index (χ2n) is 11.8. The fourth-order valence-electron chi connectivity index (χ4n) is 5.73. The SMILES string of the molecule is COc1ccccc1[C@]1(COc2cnc(C)nc2C)C[C@H]1C(O[Si](c1ccccc1)c1ccccc1)C(C)(C)C. The fraction of sp³-hybridized carbons (Fsp3) is 0.353. The molecule has 207 valence electrons. The van der Waals surface area contributed by atoms with Gasteiger partial charge in [0.2, 0.25) is 0 Å². The van der Waals surface area contributed by atoms with E-state index in [4.69, 9.17) is 13.9 Å². The summed E-state index contributed by atoms with van der Waals surface area (Å²) in [6.45, 7) is 11.2. The Bertz CT molecular complexity index is 1380. The van der Waals surface area contributed by atoms with E-state index in [0.29, 0.717) is 6.61 Å². The maximum absolute atomic E-state index is 7.33. The van der Waals surface area contributed by atoms with Crippen molar-refractivity contribution in [3.63, 3.8) is 0 Å². The molecule has 5 nitrogen and oxygen atoms in total. The Kier molecular flexibility index (Phi) is 8.11. The van der Waals surface area contributed by atoms with Crippen molar-refractivity contribution in [1.29, 1.82) is 0 Å². The highest BCUT2D eigenvalue weighted by molar-refractivity contribution is 6.80.